The fourth-order valence-electron chi connectivity index (χ4n) is 1.92. The second-order valence-electron chi connectivity index (χ2n) is 4.30. The molecule has 3 nitrogen and oxygen atoms in total. The predicted octanol–water partition coefficient (Wildman–Crippen LogP) is 3.84. The number of hydrogen-bond donors (Lipinski definition) is 1. The lowest BCUT2D eigenvalue weighted by Gasteiger charge is -2.07. The van der Waals surface area contributed by atoms with Crippen LogP contribution in [0.25, 0.3) is 0 Å². The van der Waals surface area contributed by atoms with Gasteiger partial charge in [-0.05, 0) is 53.8 Å². The van der Waals surface area contributed by atoms with Gasteiger partial charge in [-0.2, -0.15) is 0 Å². The molecule has 20 heavy (non-hydrogen) atoms. The molecule has 1 N–H and O–H groups in total. The Morgan fingerprint density at radius 2 is 1.75 bits per heavy atom. The van der Waals surface area contributed by atoms with E-state index in [0.717, 1.165) is 16.9 Å². The van der Waals surface area contributed by atoms with E-state index in [9.17, 15) is 5.21 Å². The average molecular weight is 287 g/mol. The average Bonchev–Trinajstić information content (AvgIpc) is 2.53. The van der Waals surface area contributed by atoms with Crippen molar-refractivity contribution < 1.29 is 9.94 Å². The molecular formula is C16H17NO2S. The van der Waals surface area contributed by atoms with Gasteiger partial charge >= 0.3 is 0 Å². The highest BCUT2D eigenvalue weighted by atomic mass is 32.2. The van der Waals surface area contributed by atoms with Crippen molar-refractivity contribution in [1.29, 1.82) is 0 Å². The molecule has 0 fully saturated rings. The van der Waals surface area contributed by atoms with Crippen LogP contribution in [0.4, 0.5) is 0 Å². The zero-order valence-corrected chi connectivity index (χ0v) is 12.4. The fourth-order valence-corrected chi connectivity index (χ4v) is 2.32. The standard InChI is InChI=1S/C16H17NO2S/c1-19-14-7-5-13(6-8-14)16(17-18)11-12-3-9-15(20-2)10-4-12/h3-10,18H,11H2,1-2H3/b17-16+. The van der Waals surface area contributed by atoms with Gasteiger partial charge in [0.1, 0.15) is 5.75 Å². The van der Waals surface area contributed by atoms with Crippen molar-refractivity contribution in [1.82, 2.24) is 0 Å². The van der Waals surface area contributed by atoms with Gasteiger partial charge in [0.05, 0.1) is 12.8 Å². The second kappa shape index (κ2) is 7.01. The maximum Gasteiger partial charge on any atom is 0.118 e. The van der Waals surface area contributed by atoms with Crippen LogP contribution in [0.5, 0.6) is 5.75 Å². The van der Waals surface area contributed by atoms with Crippen molar-refractivity contribution in [2.45, 2.75) is 11.3 Å². The molecule has 104 valence electrons. The van der Waals surface area contributed by atoms with Crippen LogP contribution in [0, 0.1) is 0 Å². The molecule has 0 aliphatic heterocycles. The number of nitrogens with zero attached hydrogens (tertiary/aromatic N) is 1. The van der Waals surface area contributed by atoms with E-state index in [1.54, 1.807) is 18.9 Å². The summed E-state index contributed by atoms with van der Waals surface area (Å²) >= 11 is 1.71. The number of thioether (sulfide) groups is 1. The van der Waals surface area contributed by atoms with Crippen molar-refractivity contribution in [3.05, 3.63) is 59.7 Å². The predicted molar refractivity (Wildman–Crippen MR) is 83.2 cm³/mol. The van der Waals surface area contributed by atoms with E-state index < -0.39 is 0 Å². The molecule has 0 heterocycles. The highest BCUT2D eigenvalue weighted by Gasteiger charge is 2.06. The molecule has 0 radical (unpaired) electrons. The summed E-state index contributed by atoms with van der Waals surface area (Å²) in [5.74, 6) is 0.787. The van der Waals surface area contributed by atoms with Crippen molar-refractivity contribution in [2.75, 3.05) is 13.4 Å². The highest BCUT2D eigenvalue weighted by Crippen LogP contribution is 2.17. The molecule has 2 aromatic carbocycles. The molecule has 2 rings (SSSR count). The Morgan fingerprint density at radius 1 is 1.10 bits per heavy atom. The Bertz CT molecular complexity index is 576. The summed E-state index contributed by atoms with van der Waals surface area (Å²) < 4.78 is 5.12. The summed E-state index contributed by atoms with van der Waals surface area (Å²) in [4.78, 5) is 1.22. The molecule has 0 aliphatic rings. The van der Waals surface area contributed by atoms with Crippen LogP contribution in [0.1, 0.15) is 11.1 Å². The van der Waals surface area contributed by atoms with Crippen LogP contribution in [0.15, 0.2) is 58.6 Å². The van der Waals surface area contributed by atoms with Gasteiger partial charge in [-0.15, -0.1) is 11.8 Å². The van der Waals surface area contributed by atoms with Gasteiger partial charge in [-0.25, -0.2) is 0 Å². The quantitative estimate of drug-likeness (QED) is 0.393. The van der Waals surface area contributed by atoms with E-state index in [2.05, 4.69) is 29.4 Å². The topological polar surface area (TPSA) is 41.8 Å². The molecule has 0 amide bonds. The van der Waals surface area contributed by atoms with Crippen molar-refractivity contribution >= 4 is 17.5 Å². The zero-order valence-electron chi connectivity index (χ0n) is 11.5. The van der Waals surface area contributed by atoms with Gasteiger partial charge in [0.15, 0.2) is 0 Å². The minimum absolute atomic E-state index is 0.595. The SMILES string of the molecule is COc1ccc(/C(Cc2ccc(SC)cc2)=N/O)cc1. The summed E-state index contributed by atoms with van der Waals surface area (Å²) in [5, 5.41) is 12.6. The second-order valence-corrected chi connectivity index (χ2v) is 5.18. The lowest BCUT2D eigenvalue weighted by molar-refractivity contribution is 0.318. The van der Waals surface area contributed by atoms with Crippen LogP contribution < -0.4 is 4.74 Å². The molecule has 0 unspecified atom stereocenters. The number of ether oxygens (including phenoxy) is 1. The molecule has 0 bridgehead atoms. The summed E-state index contributed by atoms with van der Waals surface area (Å²) in [6.45, 7) is 0. The van der Waals surface area contributed by atoms with E-state index in [0.29, 0.717) is 12.1 Å². The normalized spacial score (nSPS) is 11.4. The van der Waals surface area contributed by atoms with Crippen molar-refractivity contribution in [2.24, 2.45) is 5.16 Å². The smallest absolute Gasteiger partial charge is 0.118 e. The molecule has 0 saturated heterocycles. The maximum atomic E-state index is 9.22. The number of oxime groups is 1. The summed E-state index contributed by atoms with van der Waals surface area (Å²) in [7, 11) is 1.63. The van der Waals surface area contributed by atoms with Crippen LogP contribution in [-0.2, 0) is 6.42 Å². The van der Waals surface area contributed by atoms with E-state index >= 15 is 0 Å². The Kier molecular flexibility index (Phi) is 5.07. The lowest BCUT2D eigenvalue weighted by atomic mass is 10.0. The number of rotatable bonds is 5. The Morgan fingerprint density at radius 3 is 2.25 bits per heavy atom. The summed E-state index contributed by atoms with van der Waals surface area (Å²) in [6.07, 6.45) is 2.64. The monoisotopic (exact) mass is 287 g/mol. The van der Waals surface area contributed by atoms with Crippen LogP contribution >= 0.6 is 11.8 Å². The molecule has 2 aromatic rings. The van der Waals surface area contributed by atoms with Gasteiger partial charge in [0, 0.05) is 11.3 Å². The van der Waals surface area contributed by atoms with E-state index in [1.165, 1.54) is 4.90 Å². The molecular weight excluding hydrogens is 270 g/mol. The number of benzene rings is 2. The van der Waals surface area contributed by atoms with Gasteiger partial charge in [-0.1, -0.05) is 17.3 Å². The molecule has 0 aliphatic carbocycles. The molecule has 0 spiro atoms. The highest BCUT2D eigenvalue weighted by molar-refractivity contribution is 7.98. The van der Waals surface area contributed by atoms with Crippen LogP contribution in [0.2, 0.25) is 0 Å². The minimum Gasteiger partial charge on any atom is -0.497 e. The maximum absolute atomic E-state index is 9.22. The third kappa shape index (κ3) is 3.54. The fraction of sp³-hybridized carbons (Fsp3) is 0.188. The first kappa shape index (κ1) is 14.5. The Labute approximate surface area is 123 Å². The van der Waals surface area contributed by atoms with Crippen LogP contribution in [-0.4, -0.2) is 24.3 Å². The minimum atomic E-state index is 0.595. The zero-order chi connectivity index (χ0) is 14.4. The Balaban J connectivity index is 2.15. The summed E-state index contributed by atoms with van der Waals surface area (Å²) in [5.41, 5.74) is 2.65. The van der Waals surface area contributed by atoms with Gasteiger partial charge < -0.3 is 9.94 Å². The first-order valence-electron chi connectivity index (χ1n) is 6.25. The van der Waals surface area contributed by atoms with E-state index in [-0.39, 0.29) is 0 Å². The van der Waals surface area contributed by atoms with Gasteiger partial charge in [-0.3, -0.25) is 0 Å². The summed E-state index contributed by atoms with van der Waals surface area (Å²) in [6, 6.07) is 15.8. The van der Waals surface area contributed by atoms with Gasteiger partial charge in [0.2, 0.25) is 0 Å². The largest absolute Gasteiger partial charge is 0.497 e. The number of methoxy groups -OCH3 is 1. The van der Waals surface area contributed by atoms with E-state index in [1.807, 2.05) is 30.5 Å². The van der Waals surface area contributed by atoms with Gasteiger partial charge in [0.25, 0.3) is 0 Å². The first-order chi connectivity index (χ1) is 9.76. The van der Waals surface area contributed by atoms with Crippen LogP contribution in [0.3, 0.4) is 0 Å². The lowest BCUT2D eigenvalue weighted by Crippen LogP contribution is -2.05. The molecule has 0 atom stereocenters. The first-order valence-corrected chi connectivity index (χ1v) is 7.47. The molecule has 0 saturated carbocycles. The molecule has 0 aromatic heterocycles. The third-order valence-electron chi connectivity index (χ3n) is 3.07. The molecule has 4 heteroatoms. The van der Waals surface area contributed by atoms with Crippen molar-refractivity contribution in [3.8, 4) is 5.75 Å². The van der Waals surface area contributed by atoms with E-state index in [4.69, 9.17) is 4.74 Å². The van der Waals surface area contributed by atoms with Crippen molar-refractivity contribution in [3.63, 3.8) is 0 Å². The number of hydrogen-bond acceptors (Lipinski definition) is 4. The Hall–Kier alpha value is -1.94. The third-order valence-corrected chi connectivity index (χ3v) is 3.82.